The summed E-state index contributed by atoms with van der Waals surface area (Å²) in [7, 11) is 0. The Bertz CT molecular complexity index is 377. The first-order chi connectivity index (χ1) is 6.67. The second kappa shape index (κ2) is 3.71. The predicted octanol–water partition coefficient (Wildman–Crippen LogP) is 3.08. The van der Waals surface area contributed by atoms with Gasteiger partial charge in [0.25, 0.3) is 0 Å². The molecule has 0 spiro atoms. The van der Waals surface area contributed by atoms with Gasteiger partial charge in [-0.2, -0.15) is 0 Å². The fourth-order valence-electron chi connectivity index (χ4n) is 1.48. The Morgan fingerprint density at radius 1 is 1.21 bits per heavy atom. The van der Waals surface area contributed by atoms with Gasteiger partial charge in [-0.3, -0.25) is 0 Å². The molecule has 72 valence electrons. The zero-order chi connectivity index (χ0) is 10.0. The van der Waals surface area contributed by atoms with E-state index in [-0.39, 0.29) is 4.45 Å². The standard InChI is InChI=1S/C12H12BrN/c13-12(14)8-6-11(7-9-12)10-4-2-1-3-5-10/h1-8H,9,14H2. The van der Waals surface area contributed by atoms with Crippen molar-refractivity contribution >= 4 is 21.5 Å². The number of benzene rings is 1. The van der Waals surface area contributed by atoms with Crippen molar-refractivity contribution in [2.45, 2.75) is 10.9 Å². The molecule has 0 fully saturated rings. The molecule has 1 atom stereocenters. The van der Waals surface area contributed by atoms with Crippen molar-refractivity contribution in [1.29, 1.82) is 0 Å². The third-order valence-corrected chi connectivity index (χ3v) is 2.87. The van der Waals surface area contributed by atoms with Gasteiger partial charge < -0.3 is 5.73 Å². The van der Waals surface area contributed by atoms with E-state index in [4.69, 9.17) is 5.73 Å². The van der Waals surface area contributed by atoms with Crippen LogP contribution in [-0.2, 0) is 0 Å². The summed E-state index contributed by atoms with van der Waals surface area (Å²) in [5.41, 5.74) is 8.39. The molecule has 1 unspecified atom stereocenters. The molecule has 1 aliphatic rings. The number of nitrogens with two attached hydrogens (primary N) is 1. The summed E-state index contributed by atoms with van der Waals surface area (Å²) in [6.45, 7) is 0. The molecule has 0 amide bonds. The lowest BCUT2D eigenvalue weighted by atomic mass is 9.98. The van der Waals surface area contributed by atoms with E-state index in [1.54, 1.807) is 0 Å². The third-order valence-electron chi connectivity index (χ3n) is 2.28. The lowest BCUT2D eigenvalue weighted by molar-refractivity contribution is 0.777. The molecular formula is C12H12BrN. The highest BCUT2D eigenvalue weighted by molar-refractivity contribution is 9.10. The molecule has 0 radical (unpaired) electrons. The highest BCUT2D eigenvalue weighted by Crippen LogP contribution is 2.28. The Hall–Kier alpha value is -0.860. The van der Waals surface area contributed by atoms with Gasteiger partial charge in [-0.05, 0) is 17.6 Å². The lowest BCUT2D eigenvalue weighted by Crippen LogP contribution is -2.30. The van der Waals surface area contributed by atoms with Crippen molar-refractivity contribution in [2.75, 3.05) is 0 Å². The van der Waals surface area contributed by atoms with Crippen LogP contribution in [0, 0.1) is 0 Å². The van der Waals surface area contributed by atoms with Crippen molar-refractivity contribution in [3.05, 3.63) is 54.1 Å². The second-order valence-electron chi connectivity index (χ2n) is 3.49. The Morgan fingerprint density at radius 2 is 1.93 bits per heavy atom. The Kier molecular flexibility index (Phi) is 2.57. The molecule has 0 heterocycles. The molecule has 1 aliphatic carbocycles. The first-order valence-corrected chi connectivity index (χ1v) is 5.39. The summed E-state index contributed by atoms with van der Waals surface area (Å²) in [5, 5.41) is 0. The Balaban J connectivity index is 2.25. The number of rotatable bonds is 1. The lowest BCUT2D eigenvalue weighted by Gasteiger charge is -2.20. The maximum atomic E-state index is 5.90. The van der Waals surface area contributed by atoms with Crippen LogP contribution in [0.4, 0.5) is 0 Å². The number of hydrogen-bond donors (Lipinski definition) is 1. The number of alkyl halides is 1. The Morgan fingerprint density at radius 3 is 2.50 bits per heavy atom. The first-order valence-electron chi connectivity index (χ1n) is 4.60. The number of allylic oxidation sites excluding steroid dienone is 2. The SMILES string of the molecule is NC1(Br)C=CC(c2ccccc2)=CC1. The fourth-order valence-corrected chi connectivity index (χ4v) is 1.77. The van der Waals surface area contributed by atoms with Gasteiger partial charge in [0.05, 0.1) is 4.45 Å². The Labute approximate surface area is 92.4 Å². The van der Waals surface area contributed by atoms with Crippen LogP contribution in [-0.4, -0.2) is 4.45 Å². The minimum Gasteiger partial charge on any atom is -0.313 e. The van der Waals surface area contributed by atoms with Gasteiger partial charge in [0.2, 0.25) is 0 Å². The van der Waals surface area contributed by atoms with E-state index >= 15 is 0 Å². The van der Waals surface area contributed by atoms with E-state index < -0.39 is 0 Å². The average molecular weight is 250 g/mol. The summed E-state index contributed by atoms with van der Waals surface area (Å²) in [6, 6.07) is 10.3. The van der Waals surface area contributed by atoms with Crippen molar-refractivity contribution in [3.8, 4) is 0 Å². The smallest absolute Gasteiger partial charge is 0.0940 e. The van der Waals surface area contributed by atoms with Gasteiger partial charge in [-0.25, -0.2) is 0 Å². The molecule has 0 aliphatic heterocycles. The van der Waals surface area contributed by atoms with E-state index in [1.165, 1.54) is 11.1 Å². The van der Waals surface area contributed by atoms with E-state index in [1.807, 2.05) is 24.3 Å². The predicted molar refractivity (Wildman–Crippen MR) is 64.0 cm³/mol. The van der Waals surface area contributed by atoms with Crippen molar-refractivity contribution in [3.63, 3.8) is 0 Å². The van der Waals surface area contributed by atoms with Crippen molar-refractivity contribution in [1.82, 2.24) is 0 Å². The van der Waals surface area contributed by atoms with Gasteiger partial charge in [0.15, 0.2) is 0 Å². The summed E-state index contributed by atoms with van der Waals surface area (Å²) in [4.78, 5) is 0. The second-order valence-corrected chi connectivity index (χ2v) is 4.97. The van der Waals surface area contributed by atoms with Crippen LogP contribution < -0.4 is 5.73 Å². The van der Waals surface area contributed by atoms with Crippen LogP contribution in [0.5, 0.6) is 0 Å². The first kappa shape index (κ1) is 9.69. The van der Waals surface area contributed by atoms with Gasteiger partial charge in [-0.1, -0.05) is 64.5 Å². The fraction of sp³-hybridized carbons (Fsp3) is 0.167. The molecule has 14 heavy (non-hydrogen) atoms. The van der Waals surface area contributed by atoms with Crippen LogP contribution in [0.15, 0.2) is 48.6 Å². The molecule has 0 saturated carbocycles. The average Bonchev–Trinajstić information content (AvgIpc) is 2.19. The van der Waals surface area contributed by atoms with Gasteiger partial charge >= 0.3 is 0 Å². The third kappa shape index (κ3) is 2.14. The molecule has 1 aromatic carbocycles. The van der Waals surface area contributed by atoms with Crippen LogP contribution in [0.1, 0.15) is 12.0 Å². The number of hydrogen-bond acceptors (Lipinski definition) is 1. The van der Waals surface area contributed by atoms with Crippen LogP contribution in [0.3, 0.4) is 0 Å². The zero-order valence-corrected chi connectivity index (χ0v) is 9.37. The maximum absolute atomic E-state index is 5.90. The summed E-state index contributed by atoms with van der Waals surface area (Å²) in [6.07, 6.45) is 7.04. The van der Waals surface area contributed by atoms with E-state index in [2.05, 4.69) is 40.2 Å². The molecular weight excluding hydrogens is 238 g/mol. The minimum atomic E-state index is -0.356. The topological polar surface area (TPSA) is 26.0 Å². The summed E-state index contributed by atoms with van der Waals surface area (Å²) >= 11 is 3.44. The van der Waals surface area contributed by atoms with Gasteiger partial charge in [0.1, 0.15) is 0 Å². The van der Waals surface area contributed by atoms with Crippen LogP contribution in [0.25, 0.3) is 5.57 Å². The van der Waals surface area contributed by atoms with Crippen molar-refractivity contribution < 1.29 is 0 Å². The van der Waals surface area contributed by atoms with Crippen LogP contribution in [0.2, 0.25) is 0 Å². The highest BCUT2D eigenvalue weighted by Gasteiger charge is 2.18. The van der Waals surface area contributed by atoms with Crippen LogP contribution >= 0.6 is 15.9 Å². The van der Waals surface area contributed by atoms with E-state index in [9.17, 15) is 0 Å². The normalized spacial score (nSPS) is 26.0. The largest absolute Gasteiger partial charge is 0.313 e. The van der Waals surface area contributed by atoms with Gasteiger partial charge in [0, 0.05) is 0 Å². The molecule has 2 heteroatoms. The highest BCUT2D eigenvalue weighted by atomic mass is 79.9. The van der Waals surface area contributed by atoms with E-state index in [0.717, 1.165) is 6.42 Å². The molecule has 1 aromatic rings. The number of halogens is 1. The quantitative estimate of drug-likeness (QED) is 0.601. The van der Waals surface area contributed by atoms with Crippen molar-refractivity contribution in [2.24, 2.45) is 5.73 Å². The molecule has 0 bridgehead atoms. The monoisotopic (exact) mass is 249 g/mol. The molecule has 2 rings (SSSR count). The van der Waals surface area contributed by atoms with E-state index in [0.29, 0.717) is 0 Å². The zero-order valence-electron chi connectivity index (χ0n) is 7.78. The molecule has 0 aromatic heterocycles. The summed E-state index contributed by atoms with van der Waals surface area (Å²) < 4.78 is -0.356. The molecule has 0 saturated heterocycles. The minimum absolute atomic E-state index is 0.356. The molecule has 1 nitrogen and oxygen atoms in total. The summed E-state index contributed by atoms with van der Waals surface area (Å²) in [5.74, 6) is 0. The maximum Gasteiger partial charge on any atom is 0.0940 e. The van der Waals surface area contributed by atoms with Gasteiger partial charge in [-0.15, -0.1) is 0 Å². The molecule has 2 N–H and O–H groups in total.